The third-order valence-corrected chi connectivity index (χ3v) is 5.43. The lowest BCUT2D eigenvalue weighted by Gasteiger charge is -2.37. The summed E-state index contributed by atoms with van der Waals surface area (Å²) < 4.78 is 0. The predicted octanol–water partition coefficient (Wildman–Crippen LogP) is 2.91. The number of amides is 3. The molecule has 1 aromatic carbocycles. The van der Waals surface area contributed by atoms with Gasteiger partial charge in [-0.05, 0) is 41.8 Å². The van der Waals surface area contributed by atoms with E-state index in [9.17, 15) is 9.59 Å². The number of carbonyl (C=O) groups excluding carboxylic acids is 2. The number of benzene rings is 1. The average molecular weight is 430 g/mol. The Bertz CT molecular complexity index is 836. The van der Waals surface area contributed by atoms with Gasteiger partial charge in [0.2, 0.25) is 5.91 Å². The van der Waals surface area contributed by atoms with Crippen LogP contribution in [0.2, 0.25) is 5.02 Å². The highest BCUT2D eigenvalue weighted by Gasteiger charge is 2.28. The number of urea groups is 1. The van der Waals surface area contributed by atoms with Crippen molar-refractivity contribution >= 4 is 29.2 Å². The van der Waals surface area contributed by atoms with Crippen LogP contribution in [0.1, 0.15) is 19.4 Å². The highest BCUT2D eigenvalue weighted by Crippen LogP contribution is 2.19. The van der Waals surface area contributed by atoms with Gasteiger partial charge < -0.3 is 20.4 Å². The fourth-order valence-corrected chi connectivity index (χ4v) is 3.51. The number of pyridine rings is 1. The number of nitrogens with zero attached hydrogens (tertiary/aromatic N) is 3. The first-order valence-corrected chi connectivity index (χ1v) is 10.5. The largest absolute Gasteiger partial charge is 0.368 e. The molecule has 8 heteroatoms. The summed E-state index contributed by atoms with van der Waals surface area (Å²) in [7, 11) is 0. The summed E-state index contributed by atoms with van der Waals surface area (Å²) >= 11 is 5.96. The summed E-state index contributed by atoms with van der Waals surface area (Å²) in [6.45, 7) is 6.88. The number of anilines is 1. The van der Waals surface area contributed by atoms with Gasteiger partial charge in [-0.15, -0.1) is 0 Å². The van der Waals surface area contributed by atoms with E-state index in [1.54, 1.807) is 17.3 Å². The van der Waals surface area contributed by atoms with Crippen molar-refractivity contribution in [3.8, 4) is 0 Å². The quantitative estimate of drug-likeness (QED) is 0.740. The first kappa shape index (κ1) is 21.9. The van der Waals surface area contributed by atoms with E-state index in [1.165, 1.54) is 0 Å². The lowest BCUT2D eigenvalue weighted by atomic mass is 10.0. The molecule has 0 unspecified atom stereocenters. The van der Waals surface area contributed by atoms with Gasteiger partial charge in [0.25, 0.3) is 0 Å². The SMILES string of the molecule is CC(C)[C@H](NC(=O)N1CCN(c2ccc(Cl)cc2)CC1)C(=O)NCc1cccnc1. The van der Waals surface area contributed by atoms with Crippen LogP contribution in [-0.2, 0) is 11.3 Å². The Morgan fingerprint density at radius 3 is 2.40 bits per heavy atom. The molecular formula is C22H28ClN5O2. The summed E-state index contributed by atoms with van der Waals surface area (Å²) in [6, 6.07) is 10.6. The van der Waals surface area contributed by atoms with Gasteiger partial charge in [-0.2, -0.15) is 0 Å². The van der Waals surface area contributed by atoms with Crippen LogP contribution in [0.4, 0.5) is 10.5 Å². The molecule has 0 spiro atoms. The lowest BCUT2D eigenvalue weighted by molar-refractivity contribution is -0.124. The molecule has 7 nitrogen and oxygen atoms in total. The molecule has 2 N–H and O–H groups in total. The summed E-state index contributed by atoms with van der Waals surface area (Å²) in [4.78, 5) is 33.5. The zero-order chi connectivity index (χ0) is 21.5. The standard InChI is InChI=1S/C22H28ClN5O2/c1-16(2)20(21(29)25-15-17-4-3-9-24-14-17)26-22(30)28-12-10-27(11-13-28)19-7-5-18(23)6-8-19/h3-9,14,16,20H,10-13,15H2,1-2H3,(H,25,29)(H,26,30)/t20-/m0/s1. The molecular weight excluding hydrogens is 402 g/mol. The number of nitrogens with one attached hydrogen (secondary N) is 2. The van der Waals surface area contributed by atoms with Crippen LogP contribution in [0.5, 0.6) is 0 Å². The van der Waals surface area contributed by atoms with Gasteiger partial charge in [-0.3, -0.25) is 9.78 Å². The third-order valence-electron chi connectivity index (χ3n) is 5.18. The second-order valence-corrected chi connectivity index (χ2v) is 8.14. The van der Waals surface area contributed by atoms with Crippen molar-refractivity contribution in [2.75, 3.05) is 31.1 Å². The maximum atomic E-state index is 12.8. The van der Waals surface area contributed by atoms with E-state index in [0.29, 0.717) is 24.7 Å². The monoisotopic (exact) mass is 429 g/mol. The molecule has 1 aliphatic rings. The van der Waals surface area contributed by atoms with Crippen molar-refractivity contribution in [3.05, 3.63) is 59.4 Å². The van der Waals surface area contributed by atoms with Crippen molar-refractivity contribution < 1.29 is 9.59 Å². The topological polar surface area (TPSA) is 77.6 Å². The molecule has 2 aromatic rings. The first-order chi connectivity index (χ1) is 14.4. The van der Waals surface area contributed by atoms with E-state index in [1.807, 2.05) is 50.2 Å². The van der Waals surface area contributed by atoms with Gasteiger partial charge in [-0.1, -0.05) is 31.5 Å². The number of aromatic nitrogens is 1. The smallest absolute Gasteiger partial charge is 0.318 e. The second-order valence-electron chi connectivity index (χ2n) is 7.70. The number of rotatable bonds is 6. The molecule has 1 fully saturated rings. The molecule has 1 aromatic heterocycles. The molecule has 0 saturated carbocycles. The summed E-state index contributed by atoms with van der Waals surface area (Å²) in [5.41, 5.74) is 2.01. The van der Waals surface area contributed by atoms with E-state index in [2.05, 4.69) is 20.5 Å². The fourth-order valence-electron chi connectivity index (χ4n) is 3.38. The Morgan fingerprint density at radius 1 is 1.10 bits per heavy atom. The van der Waals surface area contributed by atoms with Crippen molar-refractivity contribution in [2.45, 2.75) is 26.4 Å². The molecule has 0 bridgehead atoms. The summed E-state index contributed by atoms with van der Waals surface area (Å²) in [5.74, 6) is -0.222. The van der Waals surface area contributed by atoms with Crippen LogP contribution in [-0.4, -0.2) is 54.0 Å². The minimum absolute atomic E-state index is 0.0294. The van der Waals surface area contributed by atoms with Crippen LogP contribution in [0.15, 0.2) is 48.8 Å². The minimum atomic E-state index is -0.594. The van der Waals surface area contributed by atoms with Gasteiger partial charge in [0.1, 0.15) is 6.04 Å². The molecule has 160 valence electrons. The molecule has 30 heavy (non-hydrogen) atoms. The maximum Gasteiger partial charge on any atom is 0.318 e. The van der Waals surface area contributed by atoms with E-state index in [4.69, 9.17) is 11.6 Å². The van der Waals surface area contributed by atoms with E-state index in [0.717, 1.165) is 24.3 Å². The van der Waals surface area contributed by atoms with E-state index in [-0.39, 0.29) is 17.9 Å². The number of piperazine rings is 1. The van der Waals surface area contributed by atoms with Gasteiger partial charge in [0.15, 0.2) is 0 Å². The first-order valence-electron chi connectivity index (χ1n) is 10.2. The van der Waals surface area contributed by atoms with E-state index >= 15 is 0 Å². The number of hydrogen-bond donors (Lipinski definition) is 2. The van der Waals surface area contributed by atoms with Crippen molar-refractivity contribution in [1.82, 2.24) is 20.5 Å². The second kappa shape index (κ2) is 10.3. The van der Waals surface area contributed by atoms with Gasteiger partial charge in [0, 0.05) is 55.8 Å². The Labute approximate surface area is 182 Å². The Morgan fingerprint density at radius 2 is 1.80 bits per heavy atom. The molecule has 2 heterocycles. The number of carbonyl (C=O) groups is 2. The zero-order valence-electron chi connectivity index (χ0n) is 17.3. The molecule has 0 aliphatic carbocycles. The average Bonchev–Trinajstić information content (AvgIpc) is 2.77. The normalized spacial score (nSPS) is 15.1. The predicted molar refractivity (Wildman–Crippen MR) is 118 cm³/mol. The molecule has 0 radical (unpaired) electrons. The van der Waals surface area contributed by atoms with Crippen LogP contribution < -0.4 is 15.5 Å². The molecule has 1 aliphatic heterocycles. The Kier molecular flexibility index (Phi) is 7.52. The Hall–Kier alpha value is -2.80. The van der Waals surface area contributed by atoms with Crippen LogP contribution in [0, 0.1) is 5.92 Å². The maximum absolute atomic E-state index is 12.8. The minimum Gasteiger partial charge on any atom is -0.368 e. The molecule has 3 amide bonds. The third kappa shape index (κ3) is 5.86. The number of halogens is 1. The molecule has 3 rings (SSSR count). The lowest BCUT2D eigenvalue weighted by Crippen LogP contribution is -2.57. The molecule has 1 saturated heterocycles. The van der Waals surface area contributed by atoms with Crippen molar-refractivity contribution in [2.24, 2.45) is 5.92 Å². The van der Waals surface area contributed by atoms with Crippen LogP contribution in [0.3, 0.4) is 0 Å². The highest BCUT2D eigenvalue weighted by molar-refractivity contribution is 6.30. The highest BCUT2D eigenvalue weighted by atomic mass is 35.5. The molecule has 1 atom stereocenters. The number of hydrogen-bond acceptors (Lipinski definition) is 4. The summed E-state index contributed by atoms with van der Waals surface area (Å²) in [5, 5.41) is 6.50. The van der Waals surface area contributed by atoms with Crippen LogP contribution in [0.25, 0.3) is 0 Å². The van der Waals surface area contributed by atoms with Crippen molar-refractivity contribution in [3.63, 3.8) is 0 Å². The van der Waals surface area contributed by atoms with Crippen molar-refractivity contribution in [1.29, 1.82) is 0 Å². The van der Waals surface area contributed by atoms with Crippen LogP contribution >= 0.6 is 11.6 Å². The van der Waals surface area contributed by atoms with Gasteiger partial charge in [0.05, 0.1) is 0 Å². The Balaban J connectivity index is 1.51. The zero-order valence-corrected chi connectivity index (χ0v) is 18.1. The summed E-state index contributed by atoms with van der Waals surface area (Å²) in [6.07, 6.45) is 3.40. The van der Waals surface area contributed by atoms with E-state index < -0.39 is 6.04 Å². The van der Waals surface area contributed by atoms with Gasteiger partial charge in [-0.25, -0.2) is 4.79 Å². The van der Waals surface area contributed by atoms with Gasteiger partial charge >= 0.3 is 6.03 Å². The fraction of sp³-hybridized carbons (Fsp3) is 0.409.